The van der Waals surface area contributed by atoms with E-state index in [0.29, 0.717) is 0 Å². The predicted molar refractivity (Wildman–Crippen MR) is 81.3 cm³/mol. The summed E-state index contributed by atoms with van der Waals surface area (Å²) in [4.78, 5) is 15.9. The van der Waals surface area contributed by atoms with Gasteiger partial charge in [0.2, 0.25) is 0 Å². The lowest BCUT2D eigenvalue weighted by molar-refractivity contribution is -0.140. The Morgan fingerprint density at radius 2 is 2.04 bits per heavy atom. The van der Waals surface area contributed by atoms with Gasteiger partial charge < -0.3 is 14.0 Å². The van der Waals surface area contributed by atoms with Crippen molar-refractivity contribution in [3.8, 4) is 11.5 Å². The van der Waals surface area contributed by atoms with Crippen molar-refractivity contribution >= 4 is 11.9 Å². The van der Waals surface area contributed by atoms with Crippen molar-refractivity contribution in [3.63, 3.8) is 0 Å². The molecule has 0 atom stereocenters. The monoisotopic (exact) mass is 376 g/mol. The highest BCUT2D eigenvalue weighted by Crippen LogP contribution is 2.29. The zero-order valence-corrected chi connectivity index (χ0v) is 13.3. The molecule has 2 aromatic rings. The van der Waals surface area contributed by atoms with Crippen LogP contribution in [-0.4, -0.2) is 35.2 Å². The number of methoxy groups -OCH3 is 1. The summed E-state index contributed by atoms with van der Waals surface area (Å²) >= 11 is 0. The number of halogens is 5. The van der Waals surface area contributed by atoms with Crippen molar-refractivity contribution in [1.82, 2.24) is 9.55 Å². The lowest BCUT2D eigenvalue weighted by Crippen LogP contribution is -2.18. The summed E-state index contributed by atoms with van der Waals surface area (Å²) in [7, 11) is 1.21. The molecule has 1 aromatic heterocycles. The molecular weight excluding hydrogens is 363 g/mol. The van der Waals surface area contributed by atoms with E-state index in [4.69, 9.17) is 4.74 Å². The molecule has 1 heterocycles. The fourth-order valence-corrected chi connectivity index (χ4v) is 2.07. The van der Waals surface area contributed by atoms with E-state index in [9.17, 15) is 26.7 Å². The van der Waals surface area contributed by atoms with Crippen LogP contribution in [0.15, 0.2) is 36.7 Å². The van der Waals surface area contributed by atoms with Crippen molar-refractivity contribution in [2.75, 3.05) is 7.11 Å². The molecule has 1 aromatic carbocycles. The number of alkyl halides is 5. The van der Waals surface area contributed by atoms with Gasteiger partial charge in [-0.2, -0.15) is 22.0 Å². The molecule has 0 bridgehead atoms. The Morgan fingerprint density at radius 3 is 2.65 bits per heavy atom. The van der Waals surface area contributed by atoms with E-state index in [1.54, 1.807) is 0 Å². The number of hydrogen-bond donors (Lipinski definition) is 0. The lowest BCUT2D eigenvalue weighted by atomic mass is 10.1. The second-order valence-corrected chi connectivity index (χ2v) is 4.97. The van der Waals surface area contributed by atoms with E-state index < -0.39 is 25.1 Å². The number of carbonyl (C=O) groups excluding carboxylic acids is 1. The third-order valence-electron chi connectivity index (χ3n) is 3.15. The lowest BCUT2D eigenvalue weighted by Gasteiger charge is -2.10. The van der Waals surface area contributed by atoms with E-state index in [-0.39, 0.29) is 22.9 Å². The number of rotatable bonds is 7. The summed E-state index contributed by atoms with van der Waals surface area (Å²) in [5.74, 6) is -0.958. The molecule has 0 saturated carbocycles. The molecule has 0 aliphatic carbocycles. The van der Waals surface area contributed by atoms with Gasteiger partial charge in [-0.25, -0.2) is 4.98 Å². The van der Waals surface area contributed by atoms with E-state index in [1.165, 1.54) is 25.4 Å². The van der Waals surface area contributed by atoms with Crippen LogP contribution in [0, 0.1) is 0 Å². The third kappa shape index (κ3) is 5.30. The van der Waals surface area contributed by atoms with Crippen LogP contribution in [-0.2, 0) is 6.54 Å². The Morgan fingerprint density at radius 1 is 1.31 bits per heavy atom. The van der Waals surface area contributed by atoms with Gasteiger partial charge >= 0.3 is 12.8 Å². The summed E-state index contributed by atoms with van der Waals surface area (Å²) in [6, 6.07) is 3.55. The van der Waals surface area contributed by atoms with Crippen LogP contribution in [0.3, 0.4) is 0 Å². The Kier molecular flexibility index (Phi) is 5.96. The van der Waals surface area contributed by atoms with Gasteiger partial charge in [-0.3, -0.25) is 4.79 Å². The first kappa shape index (κ1) is 19.4. The average molecular weight is 376 g/mol. The number of allylic oxidation sites excluding steroid dienone is 1. The maximum Gasteiger partial charge on any atom is 0.406 e. The highest BCUT2D eigenvalue weighted by molar-refractivity contribution is 6.07. The summed E-state index contributed by atoms with van der Waals surface area (Å²) in [6.07, 6.45) is 0.0372. The Balaban J connectivity index is 2.18. The van der Waals surface area contributed by atoms with Crippen LogP contribution in [0.2, 0.25) is 0 Å². The van der Waals surface area contributed by atoms with Crippen molar-refractivity contribution in [2.24, 2.45) is 0 Å². The fraction of sp³-hybridized carbons (Fsp3) is 0.250. The minimum atomic E-state index is -4.43. The highest BCUT2D eigenvalue weighted by Gasteiger charge is 2.28. The topological polar surface area (TPSA) is 53.3 Å². The molecule has 5 nitrogen and oxygen atoms in total. The predicted octanol–water partition coefficient (Wildman–Crippen LogP) is 3.95. The average Bonchev–Trinajstić information content (AvgIpc) is 2.97. The zero-order chi connectivity index (χ0) is 19.3. The number of ether oxygens (including phenoxy) is 2. The zero-order valence-electron chi connectivity index (χ0n) is 13.3. The van der Waals surface area contributed by atoms with Crippen molar-refractivity contribution in [2.45, 2.75) is 19.3 Å². The van der Waals surface area contributed by atoms with Gasteiger partial charge in [0.25, 0.3) is 0 Å². The molecule has 0 saturated heterocycles. The van der Waals surface area contributed by atoms with Crippen LogP contribution in [0.5, 0.6) is 11.5 Å². The maximum atomic E-state index is 12.5. The summed E-state index contributed by atoms with van der Waals surface area (Å²) in [5, 5.41) is 0. The van der Waals surface area contributed by atoms with Crippen LogP contribution >= 0.6 is 0 Å². The number of carbonyl (C=O) groups is 1. The molecule has 0 fully saturated rings. The van der Waals surface area contributed by atoms with Crippen molar-refractivity contribution in [3.05, 3.63) is 48.1 Å². The van der Waals surface area contributed by atoms with Gasteiger partial charge in [0.1, 0.15) is 12.4 Å². The van der Waals surface area contributed by atoms with Gasteiger partial charge in [0, 0.05) is 18.0 Å². The molecule has 0 aliphatic rings. The minimum absolute atomic E-state index is 0.0553. The minimum Gasteiger partial charge on any atom is -0.493 e. The standard InChI is InChI=1S/C16H13F5N2O3/c1-25-13-8-10(2-4-12(13)26-15(17)18)11(24)3-5-14-22-6-7-23(14)9-16(19,20)21/h2-8,15H,9H2,1H3/b5-3+. The molecule has 2 rings (SSSR count). The van der Waals surface area contributed by atoms with Gasteiger partial charge in [-0.15, -0.1) is 0 Å². The van der Waals surface area contributed by atoms with Crippen LogP contribution < -0.4 is 9.47 Å². The number of ketones is 1. The molecule has 140 valence electrons. The molecule has 0 spiro atoms. The first-order valence-electron chi connectivity index (χ1n) is 7.13. The van der Waals surface area contributed by atoms with E-state index in [2.05, 4.69) is 9.72 Å². The quantitative estimate of drug-likeness (QED) is 0.417. The number of hydrogen-bond acceptors (Lipinski definition) is 4. The maximum absolute atomic E-state index is 12.5. The van der Waals surface area contributed by atoms with E-state index in [1.807, 2.05) is 0 Å². The van der Waals surface area contributed by atoms with Gasteiger partial charge in [0.15, 0.2) is 17.3 Å². The second kappa shape index (κ2) is 7.98. The number of imidazole rings is 1. The third-order valence-corrected chi connectivity index (χ3v) is 3.15. The number of benzene rings is 1. The Labute approximate surface area is 144 Å². The summed E-state index contributed by atoms with van der Waals surface area (Å²) in [5.41, 5.74) is 0.0774. The second-order valence-electron chi connectivity index (χ2n) is 4.97. The van der Waals surface area contributed by atoms with Gasteiger partial charge in [0.05, 0.1) is 7.11 Å². The summed E-state index contributed by atoms with van der Waals surface area (Å²) in [6.45, 7) is -4.30. The molecule has 0 unspecified atom stereocenters. The Bertz CT molecular complexity index is 799. The summed E-state index contributed by atoms with van der Waals surface area (Å²) < 4.78 is 71.9. The number of aromatic nitrogens is 2. The first-order valence-corrected chi connectivity index (χ1v) is 7.13. The molecule has 0 aliphatic heterocycles. The molecule has 0 radical (unpaired) electrons. The largest absolute Gasteiger partial charge is 0.493 e. The van der Waals surface area contributed by atoms with Crippen LogP contribution in [0.1, 0.15) is 16.2 Å². The smallest absolute Gasteiger partial charge is 0.406 e. The van der Waals surface area contributed by atoms with E-state index >= 15 is 0 Å². The SMILES string of the molecule is COc1cc(C(=O)/C=C/c2nccn2CC(F)(F)F)ccc1OC(F)F. The van der Waals surface area contributed by atoms with E-state index in [0.717, 1.165) is 29.0 Å². The molecule has 0 amide bonds. The Hall–Kier alpha value is -2.91. The van der Waals surface area contributed by atoms with Crippen molar-refractivity contribution in [1.29, 1.82) is 0 Å². The molecule has 10 heteroatoms. The van der Waals surface area contributed by atoms with Gasteiger partial charge in [-0.1, -0.05) is 0 Å². The van der Waals surface area contributed by atoms with Crippen LogP contribution in [0.4, 0.5) is 22.0 Å². The molecule has 26 heavy (non-hydrogen) atoms. The molecular formula is C16H13F5N2O3. The number of nitrogens with zero attached hydrogens (tertiary/aromatic N) is 2. The van der Waals surface area contributed by atoms with Gasteiger partial charge in [-0.05, 0) is 30.4 Å². The first-order chi connectivity index (χ1) is 12.2. The van der Waals surface area contributed by atoms with Crippen LogP contribution in [0.25, 0.3) is 6.08 Å². The molecule has 0 N–H and O–H groups in total. The highest BCUT2D eigenvalue weighted by atomic mass is 19.4. The van der Waals surface area contributed by atoms with Crippen molar-refractivity contribution < 1.29 is 36.2 Å². The normalized spacial score (nSPS) is 12.0. The fourth-order valence-electron chi connectivity index (χ4n) is 2.07.